The number of hydrogen-bond acceptors (Lipinski definition) is 7. The minimum atomic E-state index is -0.457. The first kappa shape index (κ1) is 15.9. The van der Waals surface area contributed by atoms with Crippen LogP contribution in [0, 0.1) is 6.92 Å². The smallest absolute Gasteiger partial charge is 0.358 e. The Hall–Kier alpha value is -3.00. The number of rotatable bonds is 5. The van der Waals surface area contributed by atoms with Crippen LogP contribution >= 0.6 is 11.3 Å². The molecule has 24 heavy (non-hydrogen) atoms. The van der Waals surface area contributed by atoms with E-state index in [4.69, 9.17) is 0 Å². The molecule has 3 aromatic rings. The number of nitrogens with one attached hydrogen (secondary N) is 1. The molecular weight excluding hydrogens is 326 g/mol. The topological polar surface area (TPSA) is 81.4 Å². The van der Waals surface area contributed by atoms with Gasteiger partial charge in [0.2, 0.25) is 5.13 Å². The molecule has 0 aliphatic rings. The molecule has 7 nitrogen and oxygen atoms in total. The van der Waals surface area contributed by atoms with Gasteiger partial charge in [-0.25, -0.2) is 14.5 Å². The van der Waals surface area contributed by atoms with Crippen LogP contribution in [0.2, 0.25) is 0 Å². The first-order valence-corrected chi connectivity index (χ1v) is 7.99. The predicted molar refractivity (Wildman–Crippen MR) is 93.0 cm³/mol. The fourth-order valence-corrected chi connectivity index (χ4v) is 2.60. The van der Waals surface area contributed by atoms with Crippen LogP contribution < -0.4 is 5.43 Å². The van der Waals surface area contributed by atoms with Gasteiger partial charge < -0.3 is 4.74 Å². The molecule has 0 fully saturated rings. The van der Waals surface area contributed by atoms with Crippen molar-refractivity contribution in [2.24, 2.45) is 5.10 Å². The maximum Gasteiger partial charge on any atom is 0.358 e. The fraction of sp³-hybridized carbons (Fsp3) is 0.125. The average Bonchev–Trinajstić information content (AvgIpc) is 3.24. The third kappa shape index (κ3) is 3.66. The lowest BCUT2D eigenvalue weighted by Crippen LogP contribution is -2.04. The molecular formula is C16H15N5O2S. The Labute approximate surface area is 142 Å². The Morgan fingerprint density at radius 3 is 2.79 bits per heavy atom. The fourth-order valence-electron chi connectivity index (χ4n) is 1.96. The molecule has 0 radical (unpaired) electrons. The zero-order valence-electron chi connectivity index (χ0n) is 13.1. The molecule has 0 saturated carbocycles. The molecule has 8 heteroatoms. The minimum absolute atomic E-state index is 0.270. The summed E-state index contributed by atoms with van der Waals surface area (Å²) in [6.07, 6.45) is 3.42. The van der Waals surface area contributed by atoms with Gasteiger partial charge in [0.25, 0.3) is 0 Å². The normalized spacial score (nSPS) is 10.9. The van der Waals surface area contributed by atoms with E-state index in [0.29, 0.717) is 0 Å². The summed E-state index contributed by atoms with van der Waals surface area (Å²) in [6.45, 7) is 1.94. The van der Waals surface area contributed by atoms with E-state index in [-0.39, 0.29) is 5.69 Å². The molecule has 0 saturated heterocycles. The van der Waals surface area contributed by atoms with Gasteiger partial charge in [0.05, 0.1) is 24.7 Å². The Kier molecular flexibility index (Phi) is 4.66. The number of carbonyl (C=O) groups is 1. The monoisotopic (exact) mass is 341 g/mol. The average molecular weight is 341 g/mol. The maximum absolute atomic E-state index is 11.4. The summed E-state index contributed by atoms with van der Waals surface area (Å²) >= 11 is 1.51. The van der Waals surface area contributed by atoms with Crippen LogP contribution in [0.3, 0.4) is 0 Å². The summed E-state index contributed by atoms with van der Waals surface area (Å²) in [4.78, 5) is 15.7. The molecule has 122 valence electrons. The molecule has 0 aliphatic carbocycles. The third-order valence-electron chi connectivity index (χ3n) is 3.13. The highest BCUT2D eigenvalue weighted by Gasteiger charge is 2.09. The second kappa shape index (κ2) is 7.05. The van der Waals surface area contributed by atoms with Crippen molar-refractivity contribution in [1.29, 1.82) is 0 Å². The minimum Gasteiger partial charge on any atom is -0.464 e. The SMILES string of the molecule is COC(=O)c1ccn(-c2ccc(C=NNc3nc(C)cs3)cc2)n1. The molecule has 2 aromatic heterocycles. The van der Waals surface area contributed by atoms with E-state index in [0.717, 1.165) is 22.1 Å². The summed E-state index contributed by atoms with van der Waals surface area (Å²) in [5.74, 6) is -0.457. The zero-order valence-corrected chi connectivity index (χ0v) is 13.9. The summed E-state index contributed by atoms with van der Waals surface area (Å²) in [5.41, 5.74) is 5.89. The standard InChI is InChI=1S/C16H15N5O2S/c1-11-10-24-16(18-11)19-17-9-12-3-5-13(6-4-12)21-8-7-14(20-21)15(22)23-2/h3-10H,1-2H3,(H,18,19). The van der Waals surface area contributed by atoms with Gasteiger partial charge in [0.1, 0.15) is 0 Å². The Bertz CT molecular complexity index is 867. The molecule has 0 unspecified atom stereocenters. The molecule has 0 atom stereocenters. The van der Waals surface area contributed by atoms with Crippen LogP contribution in [0.25, 0.3) is 5.69 Å². The lowest BCUT2D eigenvalue weighted by molar-refractivity contribution is 0.0593. The number of ether oxygens (including phenoxy) is 1. The second-order valence-corrected chi connectivity index (χ2v) is 5.75. The Morgan fingerprint density at radius 2 is 2.12 bits per heavy atom. The number of hydrogen-bond donors (Lipinski definition) is 1. The van der Waals surface area contributed by atoms with Crippen molar-refractivity contribution in [3.05, 3.63) is 58.9 Å². The number of anilines is 1. The van der Waals surface area contributed by atoms with Crippen LogP contribution in [0.1, 0.15) is 21.7 Å². The van der Waals surface area contributed by atoms with Crippen LogP contribution in [0.5, 0.6) is 0 Å². The van der Waals surface area contributed by atoms with E-state index in [1.165, 1.54) is 18.4 Å². The van der Waals surface area contributed by atoms with E-state index in [2.05, 4.69) is 25.3 Å². The van der Waals surface area contributed by atoms with Gasteiger partial charge >= 0.3 is 5.97 Å². The van der Waals surface area contributed by atoms with Gasteiger partial charge in [0, 0.05) is 11.6 Å². The number of methoxy groups -OCH3 is 1. The van der Waals surface area contributed by atoms with Crippen LogP contribution in [-0.2, 0) is 4.74 Å². The number of thiazole rings is 1. The lowest BCUT2D eigenvalue weighted by atomic mass is 10.2. The van der Waals surface area contributed by atoms with E-state index in [1.807, 2.05) is 36.6 Å². The Balaban J connectivity index is 1.66. The van der Waals surface area contributed by atoms with Gasteiger partial charge in [-0.1, -0.05) is 12.1 Å². The van der Waals surface area contributed by atoms with E-state index < -0.39 is 5.97 Å². The summed E-state index contributed by atoms with van der Waals surface area (Å²) in [7, 11) is 1.33. The molecule has 0 aliphatic heterocycles. The van der Waals surface area contributed by atoms with Gasteiger partial charge in [-0.2, -0.15) is 10.2 Å². The molecule has 1 N–H and O–H groups in total. The highest BCUT2D eigenvalue weighted by atomic mass is 32.1. The lowest BCUT2D eigenvalue weighted by Gasteiger charge is -2.01. The highest BCUT2D eigenvalue weighted by molar-refractivity contribution is 7.13. The van der Waals surface area contributed by atoms with E-state index in [1.54, 1.807) is 23.2 Å². The van der Waals surface area contributed by atoms with Crippen molar-refractivity contribution in [2.45, 2.75) is 6.92 Å². The number of aryl methyl sites for hydroxylation is 1. The molecule has 0 bridgehead atoms. The molecule has 0 spiro atoms. The number of aromatic nitrogens is 3. The summed E-state index contributed by atoms with van der Waals surface area (Å²) in [5, 5.41) is 11.0. The number of carbonyl (C=O) groups excluding carboxylic acids is 1. The van der Waals surface area contributed by atoms with Gasteiger partial charge in [0.15, 0.2) is 5.69 Å². The van der Waals surface area contributed by atoms with Crippen LogP contribution in [0.15, 0.2) is 47.0 Å². The molecule has 3 rings (SSSR count). The van der Waals surface area contributed by atoms with Gasteiger partial charge in [-0.15, -0.1) is 11.3 Å². The van der Waals surface area contributed by atoms with Gasteiger partial charge in [-0.3, -0.25) is 5.43 Å². The first-order valence-electron chi connectivity index (χ1n) is 7.11. The highest BCUT2D eigenvalue weighted by Crippen LogP contribution is 2.14. The molecule has 2 heterocycles. The quantitative estimate of drug-likeness (QED) is 0.438. The predicted octanol–water partition coefficient (Wildman–Crippen LogP) is 2.87. The maximum atomic E-state index is 11.4. The van der Waals surface area contributed by atoms with Crippen molar-refractivity contribution >= 4 is 28.7 Å². The van der Waals surface area contributed by atoms with Crippen LogP contribution in [0.4, 0.5) is 5.13 Å². The molecule has 1 aromatic carbocycles. The van der Waals surface area contributed by atoms with Crippen LogP contribution in [-0.4, -0.2) is 34.1 Å². The zero-order chi connectivity index (χ0) is 16.9. The largest absolute Gasteiger partial charge is 0.464 e. The number of esters is 1. The molecule has 0 amide bonds. The van der Waals surface area contributed by atoms with Crippen molar-refractivity contribution in [1.82, 2.24) is 14.8 Å². The number of hydrazone groups is 1. The van der Waals surface area contributed by atoms with Crippen molar-refractivity contribution < 1.29 is 9.53 Å². The second-order valence-electron chi connectivity index (χ2n) is 4.89. The van der Waals surface area contributed by atoms with Crippen molar-refractivity contribution in [3.8, 4) is 5.69 Å². The first-order chi connectivity index (χ1) is 11.7. The Morgan fingerprint density at radius 1 is 1.33 bits per heavy atom. The van der Waals surface area contributed by atoms with Crippen molar-refractivity contribution in [3.63, 3.8) is 0 Å². The van der Waals surface area contributed by atoms with E-state index >= 15 is 0 Å². The third-order valence-corrected chi connectivity index (χ3v) is 4.00. The summed E-state index contributed by atoms with van der Waals surface area (Å²) < 4.78 is 6.26. The van der Waals surface area contributed by atoms with Gasteiger partial charge in [-0.05, 0) is 30.7 Å². The van der Waals surface area contributed by atoms with Crippen molar-refractivity contribution in [2.75, 3.05) is 12.5 Å². The summed E-state index contributed by atoms with van der Waals surface area (Å²) in [6, 6.07) is 9.22. The number of benzene rings is 1. The number of nitrogens with zero attached hydrogens (tertiary/aromatic N) is 4. The van der Waals surface area contributed by atoms with E-state index in [9.17, 15) is 4.79 Å².